The molecule has 0 aromatic carbocycles. The summed E-state index contributed by atoms with van der Waals surface area (Å²) in [6, 6.07) is 0. The van der Waals surface area contributed by atoms with E-state index >= 15 is 0 Å². The van der Waals surface area contributed by atoms with E-state index in [0.717, 1.165) is 50.9 Å². The van der Waals surface area contributed by atoms with Crippen molar-refractivity contribution < 1.29 is 9.59 Å². The van der Waals surface area contributed by atoms with Crippen molar-refractivity contribution in [2.24, 2.45) is 40.3 Å². The monoisotopic (exact) mass is 387 g/mol. The summed E-state index contributed by atoms with van der Waals surface area (Å²) < 4.78 is 0. The molecule has 2 N–H and O–H groups in total. The fraction of sp³-hybridized carbons (Fsp3) is 0.826. The van der Waals surface area contributed by atoms with E-state index in [0.29, 0.717) is 30.1 Å². The average Bonchev–Trinajstić information content (AvgIpc) is 3.03. The van der Waals surface area contributed by atoms with E-state index in [9.17, 15) is 9.59 Å². The maximum atomic E-state index is 13.3. The summed E-state index contributed by atoms with van der Waals surface area (Å²) in [6.45, 7) is 10.5. The fourth-order valence-corrected chi connectivity index (χ4v) is 7.55. The van der Waals surface area contributed by atoms with Gasteiger partial charge >= 0.3 is 0 Å². The van der Waals surface area contributed by atoms with Crippen LogP contribution in [-0.2, 0) is 9.59 Å². The van der Waals surface area contributed by atoms with Crippen molar-refractivity contribution in [2.45, 2.75) is 72.6 Å². The highest BCUT2D eigenvalue weighted by Crippen LogP contribution is 2.65. The molecule has 3 fully saturated rings. The normalized spacial score (nSPS) is 42.4. The molecule has 3 aliphatic carbocycles. The number of hydrogen-bond acceptors (Lipinski definition) is 3. The lowest BCUT2D eigenvalue weighted by atomic mass is 9.49. The first-order valence-electron chi connectivity index (χ1n) is 11.3. The Labute approximate surface area is 169 Å². The van der Waals surface area contributed by atoms with E-state index in [4.69, 9.17) is 5.84 Å². The van der Waals surface area contributed by atoms with E-state index in [1.807, 2.05) is 4.90 Å². The van der Waals surface area contributed by atoms with Crippen LogP contribution in [-0.4, -0.2) is 34.8 Å². The smallest absolute Gasteiger partial charge is 0.240 e. The fourth-order valence-electron chi connectivity index (χ4n) is 7.55. The minimum absolute atomic E-state index is 0.00781. The number of allylic oxidation sites excluding steroid dienone is 2. The molecule has 156 valence electrons. The second-order valence-corrected chi connectivity index (χ2v) is 10.1. The minimum Gasteiger partial charge on any atom is -0.343 e. The summed E-state index contributed by atoms with van der Waals surface area (Å²) >= 11 is 0. The molecule has 0 unspecified atom stereocenters. The number of nitrogens with zero attached hydrogens (tertiary/aromatic N) is 2. The second-order valence-electron chi connectivity index (χ2n) is 10.1. The predicted molar refractivity (Wildman–Crippen MR) is 110 cm³/mol. The number of hydrazine groups is 1. The Balaban J connectivity index is 1.62. The maximum Gasteiger partial charge on any atom is 0.240 e. The van der Waals surface area contributed by atoms with Crippen LogP contribution in [0.5, 0.6) is 0 Å². The summed E-state index contributed by atoms with van der Waals surface area (Å²) in [7, 11) is 0. The van der Waals surface area contributed by atoms with Gasteiger partial charge in [-0.05, 0) is 75.5 Å². The summed E-state index contributed by atoms with van der Waals surface area (Å²) in [4.78, 5) is 27.4. The molecule has 28 heavy (non-hydrogen) atoms. The molecule has 4 rings (SSSR count). The number of fused-ring (bicyclic) bond motifs is 5. The third-order valence-corrected chi connectivity index (χ3v) is 9.18. The molecule has 2 saturated carbocycles. The number of amides is 2. The molecule has 1 heterocycles. The van der Waals surface area contributed by atoms with E-state index < -0.39 is 0 Å². The van der Waals surface area contributed by atoms with Gasteiger partial charge in [-0.1, -0.05) is 19.9 Å². The molecule has 0 aromatic rings. The van der Waals surface area contributed by atoms with Gasteiger partial charge in [0.2, 0.25) is 11.8 Å². The van der Waals surface area contributed by atoms with E-state index in [2.05, 4.69) is 33.8 Å². The zero-order chi connectivity index (χ0) is 20.3. The second kappa shape index (κ2) is 6.86. The van der Waals surface area contributed by atoms with Crippen molar-refractivity contribution >= 4 is 11.8 Å². The first-order valence-corrected chi connectivity index (χ1v) is 11.3. The molecule has 0 bridgehead atoms. The summed E-state index contributed by atoms with van der Waals surface area (Å²) in [5.41, 5.74) is 1.19. The van der Waals surface area contributed by atoms with Crippen molar-refractivity contribution in [3.05, 3.63) is 11.8 Å². The molecule has 1 aliphatic heterocycles. The summed E-state index contributed by atoms with van der Waals surface area (Å²) in [5.74, 6) is 8.56. The van der Waals surface area contributed by atoms with Crippen LogP contribution in [0.2, 0.25) is 0 Å². The van der Waals surface area contributed by atoms with Gasteiger partial charge in [-0.2, -0.15) is 0 Å². The molecule has 1 saturated heterocycles. The Morgan fingerprint density at radius 2 is 1.89 bits per heavy atom. The molecule has 5 nitrogen and oxygen atoms in total. The van der Waals surface area contributed by atoms with Crippen LogP contribution in [0.15, 0.2) is 11.8 Å². The van der Waals surface area contributed by atoms with Crippen LogP contribution in [0.4, 0.5) is 0 Å². The molecule has 4 aliphatic rings. The Morgan fingerprint density at radius 1 is 1.18 bits per heavy atom. The summed E-state index contributed by atoms with van der Waals surface area (Å²) in [6.07, 6.45) is 9.20. The molecule has 0 spiro atoms. The van der Waals surface area contributed by atoms with Gasteiger partial charge in [0.05, 0.1) is 0 Å². The summed E-state index contributed by atoms with van der Waals surface area (Å²) in [5, 5.41) is 1.44. The lowest BCUT2D eigenvalue weighted by Gasteiger charge is -2.58. The Morgan fingerprint density at radius 3 is 2.57 bits per heavy atom. The quantitative estimate of drug-likeness (QED) is 0.593. The Kier molecular flexibility index (Phi) is 4.88. The van der Waals surface area contributed by atoms with Gasteiger partial charge in [0.25, 0.3) is 0 Å². The first-order chi connectivity index (χ1) is 13.3. The van der Waals surface area contributed by atoms with Gasteiger partial charge in [0.15, 0.2) is 0 Å². The lowest BCUT2D eigenvalue weighted by molar-refractivity contribution is -0.144. The minimum atomic E-state index is 0.00781. The standard InChI is InChI=1S/C23H37N3O2/c1-5-25(6-2)21(28)18-9-8-16-15-7-10-19-23(4,14-12-20(27)26(19)24)17(15)11-13-22(16,18)3/h10,15-18H,5-9,11-14,24H2,1-4H3/t15-,16-,17-,18+,22-,23+/m0/s1. The van der Waals surface area contributed by atoms with Crippen LogP contribution < -0.4 is 5.84 Å². The SMILES string of the molecule is CCN(CC)C(=O)[C@H]1CC[C@H]2[C@@H]3CC=C4N(N)C(=O)CC[C@]4(C)[C@H]3CC[C@]12C. The van der Waals surface area contributed by atoms with Crippen molar-refractivity contribution in [1.82, 2.24) is 9.91 Å². The van der Waals surface area contributed by atoms with Crippen LogP contribution >= 0.6 is 0 Å². The van der Waals surface area contributed by atoms with Crippen molar-refractivity contribution in [1.29, 1.82) is 0 Å². The third kappa shape index (κ3) is 2.61. The highest BCUT2D eigenvalue weighted by Gasteiger charge is 2.60. The van der Waals surface area contributed by atoms with Gasteiger partial charge in [0.1, 0.15) is 0 Å². The van der Waals surface area contributed by atoms with Crippen molar-refractivity contribution in [2.75, 3.05) is 13.1 Å². The molecule has 6 atom stereocenters. The van der Waals surface area contributed by atoms with Crippen LogP contribution in [0, 0.1) is 34.5 Å². The molecule has 0 aromatic heterocycles. The number of carbonyl (C=O) groups excluding carboxylic acids is 2. The van der Waals surface area contributed by atoms with E-state index in [-0.39, 0.29) is 22.7 Å². The van der Waals surface area contributed by atoms with Gasteiger partial charge in [0, 0.05) is 36.5 Å². The first kappa shape index (κ1) is 19.9. The van der Waals surface area contributed by atoms with Crippen LogP contribution in [0.3, 0.4) is 0 Å². The number of nitrogens with two attached hydrogens (primary N) is 1. The average molecular weight is 388 g/mol. The van der Waals surface area contributed by atoms with Crippen LogP contribution in [0.1, 0.15) is 72.6 Å². The Hall–Kier alpha value is -1.36. The number of rotatable bonds is 3. The highest BCUT2D eigenvalue weighted by molar-refractivity contribution is 5.80. The molecule has 0 radical (unpaired) electrons. The zero-order valence-electron chi connectivity index (χ0n) is 18.0. The molecular formula is C23H37N3O2. The molecule has 5 heteroatoms. The van der Waals surface area contributed by atoms with Gasteiger partial charge in [-0.3, -0.25) is 14.6 Å². The highest BCUT2D eigenvalue weighted by atomic mass is 16.2. The zero-order valence-corrected chi connectivity index (χ0v) is 18.0. The predicted octanol–water partition coefficient (Wildman–Crippen LogP) is 3.70. The van der Waals surface area contributed by atoms with Gasteiger partial charge in [-0.25, -0.2) is 5.84 Å². The van der Waals surface area contributed by atoms with E-state index in [1.54, 1.807) is 0 Å². The molecular weight excluding hydrogens is 350 g/mol. The number of hydrogen-bond donors (Lipinski definition) is 1. The van der Waals surface area contributed by atoms with Crippen molar-refractivity contribution in [3.8, 4) is 0 Å². The largest absolute Gasteiger partial charge is 0.343 e. The molecule has 2 amide bonds. The van der Waals surface area contributed by atoms with Gasteiger partial charge in [-0.15, -0.1) is 0 Å². The van der Waals surface area contributed by atoms with Crippen LogP contribution in [0.25, 0.3) is 0 Å². The van der Waals surface area contributed by atoms with Gasteiger partial charge < -0.3 is 4.90 Å². The number of carbonyl (C=O) groups is 2. The topological polar surface area (TPSA) is 66.6 Å². The number of piperidine rings is 1. The van der Waals surface area contributed by atoms with E-state index in [1.165, 1.54) is 11.4 Å². The lowest BCUT2D eigenvalue weighted by Crippen LogP contribution is -2.56. The van der Waals surface area contributed by atoms with Crippen molar-refractivity contribution in [3.63, 3.8) is 0 Å². The third-order valence-electron chi connectivity index (χ3n) is 9.18. The maximum absolute atomic E-state index is 13.3. The Bertz CT molecular complexity index is 700.